The zero-order valence-corrected chi connectivity index (χ0v) is 20.2. The predicted molar refractivity (Wildman–Crippen MR) is 150 cm³/mol. The molecule has 0 N–H and O–H groups in total. The number of carbonyl (C=O) groups is 1. The Kier molecular flexibility index (Phi) is 5.57. The molecule has 1 aliphatic carbocycles. The van der Waals surface area contributed by atoms with E-state index in [1.807, 2.05) is 30.1 Å². The van der Waals surface area contributed by atoms with E-state index in [4.69, 9.17) is 0 Å². The normalized spacial score (nSPS) is 12.0. The molecule has 0 unspecified atom stereocenters. The Bertz CT molecular complexity index is 1460. The highest BCUT2D eigenvalue weighted by Gasteiger charge is 2.27. The maximum Gasteiger partial charge on any atom is 0.186 e. The fourth-order valence-corrected chi connectivity index (χ4v) is 8.98. The van der Waals surface area contributed by atoms with Gasteiger partial charge in [-0.2, -0.15) is 0 Å². The van der Waals surface area contributed by atoms with Crippen LogP contribution in [0.25, 0.3) is 11.1 Å². The fourth-order valence-electron chi connectivity index (χ4n) is 5.21. The second kappa shape index (κ2) is 9.02. The van der Waals surface area contributed by atoms with E-state index in [2.05, 4.69) is 109 Å². The van der Waals surface area contributed by atoms with E-state index in [0.29, 0.717) is 0 Å². The number of ketones is 1. The molecular weight excluding hydrogens is 443 g/mol. The van der Waals surface area contributed by atoms with E-state index in [-0.39, 0.29) is 5.78 Å². The van der Waals surface area contributed by atoms with Crippen molar-refractivity contribution in [1.29, 1.82) is 0 Å². The quantitative estimate of drug-likeness (QED) is 0.216. The average molecular weight is 469 g/mol. The van der Waals surface area contributed by atoms with Crippen molar-refractivity contribution >= 4 is 34.4 Å². The minimum Gasteiger partial charge on any atom is -0.289 e. The summed E-state index contributed by atoms with van der Waals surface area (Å²) in [7, 11) is 0. The molecule has 0 heterocycles. The summed E-state index contributed by atoms with van der Waals surface area (Å²) in [6.45, 7) is -2.33. The molecule has 0 fully saturated rings. The lowest BCUT2D eigenvalue weighted by Gasteiger charge is -2.28. The summed E-state index contributed by atoms with van der Waals surface area (Å²) in [4.78, 5) is 14.0. The number of fused-ring (bicyclic) bond motifs is 3. The van der Waals surface area contributed by atoms with Crippen LogP contribution >= 0.6 is 6.89 Å². The summed E-state index contributed by atoms with van der Waals surface area (Å²) in [6.07, 6.45) is 0.878. The van der Waals surface area contributed by atoms with Gasteiger partial charge in [-0.05, 0) is 63.3 Å². The van der Waals surface area contributed by atoms with Crippen LogP contribution in [0.2, 0.25) is 0 Å². The van der Waals surface area contributed by atoms with Gasteiger partial charge in [-0.1, -0.05) is 127 Å². The summed E-state index contributed by atoms with van der Waals surface area (Å²) in [5.74, 6) is 2.10. The number of Topliss-reactive ketones (excluding diaryl/α,β-unsaturated/α-hetero) is 1. The second-order valence-electron chi connectivity index (χ2n) is 8.93. The van der Waals surface area contributed by atoms with Crippen LogP contribution in [0.5, 0.6) is 0 Å². The molecule has 2 heteroatoms. The van der Waals surface area contributed by atoms with Crippen molar-refractivity contribution in [3.05, 3.63) is 150 Å². The summed E-state index contributed by atoms with van der Waals surface area (Å²) < 4.78 is 0. The Labute approximate surface area is 206 Å². The third-order valence-electron chi connectivity index (χ3n) is 6.88. The van der Waals surface area contributed by atoms with Crippen LogP contribution in [0.3, 0.4) is 0 Å². The molecule has 6 rings (SSSR count). The first kappa shape index (κ1) is 21.6. The van der Waals surface area contributed by atoms with E-state index in [0.717, 1.165) is 12.0 Å². The number of rotatable bonds is 5. The topological polar surface area (TPSA) is 17.1 Å². The summed E-state index contributed by atoms with van der Waals surface area (Å²) in [6, 6.07) is 46.2. The van der Waals surface area contributed by atoms with E-state index < -0.39 is 6.89 Å². The maximum atomic E-state index is 14.0. The molecule has 0 aromatic heterocycles. The molecule has 5 aromatic rings. The molecular formula is C33H25OP. The van der Waals surface area contributed by atoms with E-state index >= 15 is 0 Å². The van der Waals surface area contributed by atoms with Gasteiger partial charge in [0.15, 0.2) is 5.78 Å². The molecule has 0 radical (unpaired) electrons. The first-order valence-corrected chi connectivity index (χ1v) is 13.8. The van der Waals surface area contributed by atoms with Gasteiger partial charge in [-0.3, -0.25) is 4.79 Å². The van der Waals surface area contributed by atoms with E-state index in [1.54, 1.807) is 0 Å². The molecule has 0 atom stereocenters. The zero-order valence-electron chi connectivity index (χ0n) is 19.3. The SMILES string of the molecule is O=C(C=P(c1ccccc1)(c1ccccc1)c1ccccc1)c1ccc2c(c1)Cc1ccccc1-2. The molecule has 1 aliphatic rings. The van der Waals surface area contributed by atoms with Crippen molar-refractivity contribution in [2.75, 3.05) is 0 Å². The van der Waals surface area contributed by atoms with Gasteiger partial charge in [0.1, 0.15) is 0 Å². The van der Waals surface area contributed by atoms with Crippen molar-refractivity contribution in [2.45, 2.75) is 6.42 Å². The standard InChI is InChI=1S/C33H25OP/c34-33(26-20-21-32-27(23-26)22-25-12-10-11-19-31(25)32)24-35(28-13-4-1-5-14-28,29-15-6-2-7-16-29)30-17-8-3-9-18-30/h1-21,23-24H,22H2. The zero-order chi connectivity index (χ0) is 23.7. The third-order valence-corrected chi connectivity index (χ3v) is 10.8. The van der Waals surface area contributed by atoms with Crippen LogP contribution in [0.1, 0.15) is 21.5 Å². The number of benzene rings is 5. The van der Waals surface area contributed by atoms with Crippen molar-refractivity contribution in [1.82, 2.24) is 0 Å². The van der Waals surface area contributed by atoms with Crippen LogP contribution in [0.4, 0.5) is 0 Å². The third kappa shape index (κ3) is 3.79. The first-order chi connectivity index (χ1) is 17.3. The van der Waals surface area contributed by atoms with Crippen LogP contribution in [-0.2, 0) is 6.42 Å². The number of carbonyl (C=O) groups excluding carboxylic acids is 1. The average Bonchev–Trinajstić information content (AvgIpc) is 3.31. The lowest BCUT2D eigenvalue weighted by molar-refractivity contribution is 0.107. The Morgan fingerprint density at radius 3 is 1.60 bits per heavy atom. The summed E-state index contributed by atoms with van der Waals surface area (Å²) in [5.41, 5.74) is 5.84. The molecule has 35 heavy (non-hydrogen) atoms. The Morgan fingerprint density at radius 1 is 0.543 bits per heavy atom. The van der Waals surface area contributed by atoms with Gasteiger partial charge in [0.25, 0.3) is 0 Å². The van der Waals surface area contributed by atoms with Crippen molar-refractivity contribution < 1.29 is 4.79 Å². The molecule has 0 saturated carbocycles. The van der Waals surface area contributed by atoms with Crippen LogP contribution in [-0.4, -0.2) is 11.6 Å². The second-order valence-corrected chi connectivity index (χ2v) is 12.2. The monoisotopic (exact) mass is 468 g/mol. The van der Waals surface area contributed by atoms with Gasteiger partial charge in [0.05, 0.1) is 0 Å². The highest BCUT2D eigenvalue weighted by Crippen LogP contribution is 2.44. The van der Waals surface area contributed by atoms with Gasteiger partial charge in [0.2, 0.25) is 0 Å². The van der Waals surface area contributed by atoms with Gasteiger partial charge in [-0.15, -0.1) is 0 Å². The molecule has 0 amide bonds. The molecule has 5 aromatic carbocycles. The molecule has 1 nitrogen and oxygen atoms in total. The van der Waals surface area contributed by atoms with Crippen molar-refractivity contribution in [2.24, 2.45) is 0 Å². The van der Waals surface area contributed by atoms with Gasteiger partial charge in [-0.25, -0.2) is 0 Å². The van der Waals surface area contributed by atoms with Gasteiger partial charge < -0.3 is 0 Å². The summed E-state index contributed by atoms with van der Waals surface area (Å²) in [5, 5.41) is 3.54. The summed E-state index contributed by atoms with van der Waals surface area (Å²) >= 11 is 0. The van der Waals surface area contributed by atoms with Crippen molar-refractivity contribution in [3.63, 3.8) is 0 Å². The Balaban J connectivity index is 1.56. The van der Waals surface area contributed by atoms with Crippen LogP contribution in [0, 0.1) is 0 Å². The Hall–Kier alpha value is -3.93. The highest BCUT2D eigenvalue weighted by molar-refractivity contribution is 7.95. The molecule has 0 saturated heterocycles. The lowest BCUT2D eigenvalue weighted by Crippen LogP contribution is -2.28. The maximum absolute atomic E-state index is 14.0. The molecule has 168 valence electrons. The fraction of sp³-hybridized carbons (Fsp3) is 0.0303. The van der Waals surface area contributed by atoms with Crippen LogP contribution < -0.4 is 15.9 Å². The number of hydrogen-bond donors (Lipinski definition) is 0. The van der Waals surface area contributed by atoms with Crippen LogP contribution in [0.15, 0.2) is 133 Å². The van der Waals surface area contributed by atoms with E-state index in [1.165, 1.54) is 38.2 Å². The lowest BCUT2D eigenvalue weighted by atomic mass is 10.0. The van der Waals surface area contributed by atoms with Gasteiger partial charge >= 0.3 is 0 Å². The van der Waals surface area contributed by atoms with E-state index in [9.17, 15) is 4.79 Å². The van der Waals surface area contributed by atoms with Crippen molar-refractivity contribution in [3.8, 4) is 11.1 Å². The Morgan fingerprint density at radius 2 is 1.03 bits per heavy atom. The first-order valence-electron chi connectivity index (χ1n) is 11.9. The minimum atomic E-state index is -2.33. The molecule has 0 aliphatic heterocycles. The smallest absolute Gasteiger partial charge is 0.186 e. The minimum absolute atomic E-state index is 0.0775. The highest BCUT2D eigenvalue weighted by atomic mass is 31.2. The van der Waals surface area contributed by atoms with Gasteiger partial charge in [0, 0.05) is 5.56 Å². The number of hydrogen-bond acceptors (Lipinski definition) is 1. The predicted octanol–water partition coefficient (Wildman–Crippen LogP) is 6.24. The molecule has 0 spiro atoms. The largest absolute Gasteiger partial charge is 0.289 e. The molecule has 0 bridgehead atoms.